The second-order valence-electron chi connectivity index (χ2n) is 3.53. The Morgan fingerprint density at radius 3 is 2.28 bits per heavy atom. The van der Waals surface area contributed by atoms with Gasteiger partial charge in [0.05, 0.1) is 13.2 Å². The normalized spacial score (nSPS) is 12.0. The Morgan fingerprint density at radius 1 is 1.11 bits per heavy atom. The summed E-state index contributed by atoms with van der Waals surface area (Å²) in [6, 6.07) is 3.13. The molecule has 0 amide bonds. The molecule has 0 aliphatic heterocycles. The summed E-state index contributed by atoms with van der Waals surface area (Å²) < 4.78 is 21.4. The van der Waals surface area contributed by atoms with Crippen molar-refractivity contribution in [3.05, 3.63) is 12.1 Å². The number of methoxy groups -OCH3 is 1. The van der Waals surface area contributed by atoms with Gasteiger partial charge in [-0.1, -0.05) is 0 Å². The molecule has 0 aliphatic rings. The summed E-state index contributed by atoms with van der Waals surface area (Å²) >= 11 is 0. The number of phenolic OH excluding ortho intramolecular Hbond substituents is 1. The van der Waals surface area contributed by atoms with Gasteiger partial charge in [0.15, 0.2) is 17.8 Å². The quantitative estimate of drug-likeness (QED) is 0.760. The van der Waals surface area contributed by atoms with Crippen LogP contribution in [0.4, 0.5) is 0 Å². The van der Waals surface area contributed by atoms with Crippen molar-refractivity contribution in [2.24, 2.45) is 0 Å². The average Bonchev–Trinajstić information content (AvgIpc) is 2.37. The molecule has 18 heavy (non-hydrogen) atoms. The summed E-state index contributed by atoms with van der Waals surface area (Å²) in [4.78, 5) is 0. The van der Waals surface area contributed by atoms with E-state index in [9.17, 15) is 5.11 Å². The molecule has 0 spiro atoms. The highest BCUT2D eigenvalue weighted by Gasteiger charge is 2.18. The van der Waals surface area contributed by atoms with Crippen molar-refractivity contribution in [2.45, 2.75) is 27.1 Å². The lowest BCUT2D eigenvalue weighted by atomic mass is 10.2. The first kappa shape index (κ1) is 14.4. The molecule has 0 fully saturated rings. The summed E-state index contributed by atoms with van der Waals surface area (Å²) in [6.07, 6.45) is -0.414. The van der Waals surface area contributed by atoms with Crippen LogP contribution in [0.2, 0.25) is 0 Å². The Hall–Kier alpha value is -1.62. The second kappa shape index (κ2) is 6.96. The number of aromatic hydroxyl groups is 1. The first-order valence-electron chi connectivity index (χ1n) is 5.95. The van der Waals surface area contributed by atoms with Gasteiger partial charge in [-0.3, -0.25) is 0 Å². The van der Waals surface area contributed by atoms with Crippen molar-refractivity contribution in [1.82, 2.24) is 0 Å². The van der Waals surface area contributed by atoms with Crippen LogP contribution in [0.1, 0.15) is 20.8 Å². The molecule has 1 rings (SSSR count). The first-order chi connectivity index (χ1) is 8.63. The third kappa shape index (κ3) is 3.43. The predicted molar refractivity (Wildman–Crippen MR) is 67.5 cm³/mol. The highest BCUT2D eigenvalue weighted by Crippen LogP contribution is 2.44. The largest absolute Gasteiger partial charge is 0.504 e. The van der Waals surface area contributed by atoms with Crippen LogP contribution >= 0.6 is 0 Å². The molecule has 1 atom stereocenters. The maximum atomic E-state index is 9.77. The van der Waals surface area contributed by atoms with Crippen LogP contribution in [0, 0.1) is 0 Å². The zero-order chi connectivity index (χ0) is 13.5. The third-order valence-corrected chi connectivity index (χ3v) is 2.26. The Balaban J connectivity index is 3.11. The van der Waals surface area contributed by atoms with Crippen molar-refractivity contribution in [3.63, 3.8) is 0 Å². The minimum absolute atomic E-state index is 0.0257. The zero-order valence-electron chi connectivity index (χ0n) is 11.2. The molecule has 1 N–H and O–H groups in total. The summed E-state index contributed by atoms with van der Waals surface area (Å²) in [5, 5.41) is 9.77. The highest BCUT2D eigenvalue weighted by molar-refractivity contribution is 5.58. The predicted octanol–water partition coefficient (Wildman–Crippen LogP) is 2.56. The van der Waals surface area contributed by atoms with Gasteiger partial charge in [0.1, 0.15) is 0 Å². The Kier molecular flexibility index (Phi) is 5.58. The van der Waals surface area contributed by atoms with Gasteiger partial charge in [-0.05, 0) is 32.9 Å². The fraction of sp³-hybridized carbons (Fsp3) is 0.538. The Bertz CT molecular complexity index is 378. The van der Waals surface area contributed by atoms with Gasteiger partial charge in [-0.2, -0.15) is 0 Å². The lowest BCUT2D eigenvalue weighted by Crippen LogP contribution is -2.14. The number of hydrogen-bond donors (Lipinski definition) is 1. The Labute approximate surface area is 107 Å². The van der Waals surface area contributed by atoms with Crippen LogP contribution in [-0.4, -0.2) is 31.7 Å². The molecule has 1 aromatic rings. The third-order valence-electron chi connectivity index (χ3n) is 2.26. The summed E-state index contributed by atoms with van der Waals surface area (Å²) in [6.45, 7) is 6.32. The standard InChI is InChI=1S/C13H20O5/c1-5-16-12-10(14)7-8-11(13(12)17-6-2)18-9(3)15-4/h7-9,14H,5-6H2,1-4H3. The van der Waals surface area contributed by atoms with Crippen LogP contribution in [-0.2, 0) is 4.74 Å². The number of ether oxygens (including phenoxy) is 4. The van der Waals surface area contributed by atoms with E-state index in [1.54, 1.807) is 20.1 Å². The first-order valence-corrected chi connectivity index (χ1v) is 5.95. The fourth-order valence-electron chi connectivity index (χ4n) is 1.42. The van der Waals surface area contributed by atoms with Gasteiger partial charge in [0.25, 0.3) is 0 Å². The summed E-state index contributed by atoms with van der Waals surface area (Å²) in [5.41, 5.74) is 0. The van der Waals surface area contributed by atoms with Gasteiger partial charge in [-0.15, -0.1) is 0 Å². The topological polar surface area (TPSA) is 57.2 Å². The van der Waals surface area contributed by atoms with E-state index in [0.29, 0.717) is 30.5 Å². The minimum Gasteiger partial charge on any atom is -0.504 e. The molecular formula is C13H20O5. The minimum atomic E-state index is -0.414. The van der Waals surface area contributed by atoms with Gasteiger partial charge >= 0.3 is 0 Å². The molecule has 0 radical (unpaired) electrons. The van der Waals surface area contributed by atoms with Gasteiger partial charge in [-0.25, -0.2) is 0 Å². The number of hydrogen-bond acceptors (Lipinski definition) is 5. The van der Waals surface area contributed by atoms with E-state index in [4.69, 9.17) is 18.9 Å². The van der Waals surface area contributed by atoms with E-state index < -0.39 is 6.29 Å². The molecule has 0 bridgehead atoms. The van der Waals surface area contributed by atoms with E-state index in [1.807, 2.05) is 13.8 Å². The van der Waals surface area contributed by atoms with Crippen LogP contribution in [0.15, 0.2) is 12.1 Å². The molecule has 0 saturated carbocycles. The molecule has 0 aromatic heterocycles. The van der Waals surface area contributed by atoms with Crippen LogP contribution < -0.4 is 14.2 Å². The SMILES string of the molecule is CCOc1c(O)ccc(OC(C)OC)c1OCC. The van der Waals surface area contributed by atoms with Crippen LogP contribution in [0.5, 0.6) is 23.0 Å². The molecule has 1 aromatic carbocycles. The van der Waals surface area contributed by atoms with Crippen LogP contribution in [0.25, 0.3) is 0 Å². The van der Waals surface area contributed by atoms with E-state index in [1.165, 1.54) is 6.07 Å². The van der Waals surface area contributed by atoms with E-state index in [2.05, 4.69) is 0 Å². The van der Waals surface area contributed by atoms with Crippen molar-refractivity contribution in [3.8, 4) is 23.0 Å². The molecule has 1 unspecified atom stereocenters. The van der Waals surface area contributed by atoms with E-state index in [-0.39, 0.29) is 5.75 Å². The summed E-state index contributed by atoms with van der Waals surface area (Å²) in [5.74, 6) is 1.19. The maximum Gasteiger partial charge on any atom is 0.207 e. The molecule has 0 aliphatic carbocycles. The van der Waals surface area contributed by atoms with Crippen molar-refractivity contribution in [1.29, 1.82) is 0 Å². The monoisotopic (exact) mass is 256 g/mol. The molecule has 102 valence electrons. The van der Waals surface area contributed by atoms with Gasteiger partial charge < -0.3 is 24.1 Å². The average molecular weight is 256 g/mol. The van der Waals surface area contributed by atoms with Crippen LogP contribution in [0.3, 0.4) is 0 Å². The van der Waals surface area contributed by atoms with Crippen molar-refractivity contribution >= 4 is 0 Å². The lowest BCUT2D eigenvalue weighted by Gasteiger charge is -2.19. The zero-order valence-corrected chi connectivity index (χ0v) is 11.2. The lowest BCUT2D eigenvalue weighted by molar-refractivity contribution is -0.0399. The van der Waals surface area contributed by atoms with Crippen molar-refractivity contribution in [2.75, 3.05) is 20.3 Å². The molecule has 0 saturated heterocycles. The molecule has 5 heteroatoms. The number of benzene rings is 1. The van der Waals surface area contributed by atoms with Gasteiger partial charge in [0.2, 0.25) is 11.5 Å². The Morgan fingerprint density at radius 2 is 1.72 bits per heavy atom. The fourth-order valence-corrected chi connectivity index (χ4v) is 1.42. The van der Waals surface area contributed by atoms with E-state index in [0.717, 1.165) is 0 Å². The smallest absolute Gasteiger partial charge is 0.207 e. The molecular weight excluding hydrogens is 236 g/mol. The molecule has 5 nitrogen and oxygen atoms in total. The molecule has 0 heterocycles. The van der Waals surface area contributed by atoms with Gasteiger partial charge in [0, 0.05) is 7.11 Å². The second-order valence-corrected chi connectivity index (χ2v) is 3.53. The summed E-state index contributed by atoms with van der Waals surface area (Å²) in [7, 11) is 1.55. The van der Waals surface area contributed by atoms with E-state index >= 15 is 0 Å². The number of rotatable bonds is 7. The highest BCUT2D eigenvalue weighted by atomic mass is 16.7. The maximum absolute atomic E-state index is 9.77. The van der Waals surface area contributed by atoms with Crippen molar-refractivity contribution < 1.29 is 24.1 Å². The number of phenols is 1.